The minimum absolute atomic E-state index is 0.0134. The number of hydrogen-bond donors (Lipinski definition) is 1. The fraction of sp³-hybridized carbons (Fsp3) is 0.250. The number of aromatic nitrogens is 1. The fourth-order valence-corrected chi connectivity index (χ4v) is 3.64. The Hall–Kier alpha value is -1.15. The lowest BCUT2D eigenvalue weighted by atomic mass is 10.3. The summed E-state index contributed by atoms with van der Waals surface area (Å²) < 4.78 is 32.1. The van der Waals surface area contributed by atoms with Crippen molar-refractivity contribution in [2.45, 2.75) is 18.4 Å². The van der Waals surface area contributed by atoms with Crippen molar-refractivity contribution in [2.75, 3.05) is 7.11 Å². The second kappa shape index (κ2) is 6.09. The molecule has 8 heteroatoms. The Bertz CT molecular complexity index is 713. The number of nitrogens with zero attached hydrogens (tertiary/aromatic N) is 1. The maximum atomic E-state index is 12.3. The maximum Gasteiger partial charge on any atom is 0.244 e. The molecular weight excluding hydrogens is 320 g/mol. The third-order valence-corrected chi connectivity index (χ3v) is 5.00. The molecule has 0 radical (unpaired) electrons. The first kappa shape index (κ1) is 15.2. The second-order valence-electron chi connectivity index (χ2n) is 3.98. The monoisotopic (exact) mass is 332 g/mol. The van der Waals surface area contributed by atoms with Crippen molar-refractivity contribution < 1.29 is 13.2 Å². The van der Waals surface area contributed by atoms with Crippen LogP contribution in [-0.4, -0.2) is 20.5 Å². The number of benzene rings is 1. The quantitative estimate of drug-likeness (QED) is 0.913. The third kappa shape index (κ3) is 3.49. The van der Waals surface area contributed by atoms with Gasteiger partial charge in [-0.2, -0.15) is 0 Å². The first-order valence-corrected chi connectivity index (χ1v) is 8.40. The number of ether oxygens (including phenoxy) is 1. The van der Waals surface area contributed by atoms with Crippen LogP contribution >= 0.6 is 22.9 Å². The van der Waals surface area contributed by atoms with Crippen LogP contribution in [0.5, 0.6) is 5.75 Å². The number of hydrogen-bond acceptors (Lipinski definition) is 5. The number of nitrogens with one attached hydrogen (secondary N) is 1. The normalized spacial score (nSPS) is 11.6. The number of methoxy groups -OCH3 is 1. The van der Waals surface area contributed by atoms with Gasteiger partial charge in [-0.3, -0.25) is 0 Å². The number of sulfonamides is 1. The Morgan fingerprint density at radius 3 is 2.80 bits per heavy atom. The smallest absolute Gasteiger partial charge is 0.244 e. The summed E-state index contributed by atoms with van der Waals surface area (Å²) in [6.45, 7) is 1.99. The molecule has 5 nitrogen and oxygen atoms in total. The minimum atomic E-state index is -3.71. The van der Waals surface area contributed by atoms with Crippen molar-refractivity contribution >= 4 is 33.0 Å². The highest BCUT2D eigenvalue weighted by molar-refractivity contribution is 7.89. The average molecular weight is 333 g/mol. The first-order valence-electron chi connectivity index (χ1n) is 5.66. The molecule has 0 bridgehead atoms. The van der Waals surface area contributed by atoms with E-state index < -0.39 is 10.0 Å². The lowest BCUT2D eigenvalue weighted by Gasteiger charge is -2.10. The summed E-state index contributed by atoms with van der Waals surface area (Å²) in [5.74, 6) is 0.247. The average Bonchev–Trinajstić information content (AvgIpc) is 2.82. The molecule has 1 heterocycles. The summed E-state index contributed by atoms with van der Waals surface area (Å²) in [5.41, 5.74) is 0.678. The first-order chi connectivity index (χ1) is 9.42. The zero-order valence-corrected chi connectivity index (χ0v) is 13.3. The maximum absolute atomic E-state index is 12.3. The molecule has 0 aliphatic carbocycles. The van der Waals surface area contributed by atoms with Gasteiger partial charge in [0.2, 0.25) is 10.0 Å². The molecule has 0 spiro atoms. The lowest BCUT2D eigenvalue weighted by Crippen LogP contribution is -2.24. The Kier molecular flexibility index (Phi) is 4.64. The second-order valence-corrected chi connectivity index (χ2v) is 7.21. The molecule has 2 aromatic rings. The molecule has 0 unspecified atom stereocenters. The van der Waals surface area contributed by atoms with Crippen LogP contribution in [0.25, 0.3) is 0 Å². The summed E-state index contributed by atoms with van der Waals surface area (Å²) in [7, 11) is -2.30. The number of aryl methyl sites for hydroxylation is 1. The SMILES string of the molecule is COc1ccc(Cl)cc1S(=O)(=O)NCc1csc(C)n1. The molecule has 2 rings (SSSR count). The van der Waals surface area contributed by atoms with E-state index in [0.29, 0.717) is 10.7 Å². The minimum Gasteiger partial charge on any atom is -0.495 e. The van der Waals surface area contributed by atoms with Gasteiger partial charge in [-0.25, -0.2) is 18.1 Å². The zero-order chi connectivity index (χ0) is 14.8. The van der Waals surface area contributed by atoms with Crippen LogP contribution in [0.3, 0.4) is 0 Å². The van der Waals surface area contributed by atoms with E-state index in [2.05, 4.69) is 9.71 Å². The molecule has 0 saturated heterocycles. The van der Waals surface area contributed by atoms with Gasteiger partial charge in [0, 0.05) is 10.4 Å². The molecule has 0 atom stereocenters. The molecule has 0 fully saturated rings. The summed E-state index contributed by atoms with van der Waals surface area (Å²) in [6, 6.07) is 4.45. The van der Waals surface area contributed by atoms with Crippen LogP contribution in [0.4, 0.5) is 0 Å². The van der Waals surface area contributed by atoms with Gasteiger partial charge in [-0.05, 0) is 25.1 Å². The van der Waals surface area contributed by atoms with E-state index in [9.17, 15) is 8.42 Å². The summed E-state index contributed by atoms with van der Waals surface area (Å²) >= 11 is 7.31. The zero-order valence-electron chi connectivity index (χ0n) is 10.9. The van der Waals surface area contributed by atoms with Gasteiger partial charge in [-0.1, -0.05) is 11.6 Å². The van der Waals surface area contributed by atoms with Crippen LogP contribution in [-0.2, 0) is 16.6 Å². The highest BCUT2D eigenvalue weighted by atomic mass is 35.5. The number of rotatable bonds is 5. The molecule has 0 aliphatic rings. The van der Waals surface area contributed by atoms with E-state index in [0.717, 1.165) is 5.01 Å². The fourth-order valence-electron chi connectivity index (χ4n) is 1.60. The summed E-state index contributed by atoms with van der Waals surface area (Å²) in [4.78, 5) is 4.22. The molecule has 0 amide bonds. The van der Waals surface area contributed by atoms with Crippen molar-refractivity contribution in [1.29, 1.82) is 0 Å². The molecular formula is C12H13ClN2O3S2. The topological polar surface area (TPSA) is 68.3 Å². The highest BCUT2D eigenvalue weighted by Gasteiger charge is 2.20. The highest BCUT2D eigenvalue weighted by Crippen LogP contribution is 2.27. The van der Waals surface area contributed by atoms with Gasteiger partial charge in [0.1, 0.15) is 10.6 Å². The van der Waals surface area contributed by atoms with Crippen LogP contribution < -0.4 is 9.46 Å². The molecule has 108 valence electrons. The summed E-state index contributed by atoms with van der Waals surface area (Å²) in [6.07, 6.45) is 0. The lowest BCUT2D eigenvalue weighted by molar-refractivity contribution is 0.402. The van der Waals surface area contributed by atoms with Crippen LogP contribution in [0.15, 0.2) is 28.5 Å². The van der Waals surface area contributed by atoms with Crippen LogP contribution in [0.2, 0.25) is 5.02 Å². The predicted octanol–water partition coefficient (Wildman–Crippen LogP) is 2.59. The van der Waals surface area contributed by atoms with Crippen molar-refractivity contribution in [3.63, 3.8) is 0 Å². The van der Waals surface area contributed by atoms with Crippen molar-refractivity contribution in [1.82, 2.24) is 9.71 Å². The molecule has 1 aromatic carbocycles. The number of halogens is 1. The molecule has 1 aromatic heterocycles. The largest absolute Gasteiger partial charge is 0.495 e. The van der Waals surface area contributed by atoms with E-state index in [1.54, 1.807) is 6.07 Å². The Morgan fingerprint density at radius 2 is 2.20 bits per heavy atom. The molecule has 0 saturated carbocycles. The van der Waals surface area contributed by atoms with Gasteiger partial charge in [0.25, 0.3) is 0 Å². The Morgan fingerprint density at radius 1 is 1.45 bits per heavy atom. The van der Waals surface area contributed by atoms with Gasteiger partial charge in [0.05, 0.1) is 24.4 Å². The predicted molar refractivity (Wildman–Crippen MR) is 78.9 cm³/mol. The summed E-state index contributed by atoms with van der Waals surface area (Å²) in [5, 5.41) is 3.03. The molecule has 1 N–H and O–H groups in total. The van der Waals surface area contributed by atoms with Crippen molar-refractivity contribution in [3.05, 3.63) is 39.3 Å². The van der Waals surface area contributed by atoms with Gasteiger partial charge in [0.15, 0.2) is 0 Å². The van der Waals surface area contributed by atoms with Gasteiger partial charge < -0.3 is 4.74 Å². The van der Waals surface area contributed by atoms with Crippen molar-refractivity contribution in [3.8, 4) is 5.75 Å². The van der Waals surface area contributed by atoms with E-state index in [1.807, 2.05) is 12.3 Å². The Balaban J connectivity index is 2.24. The van der Waals surface area contributed by atoms with E-state index in [-0.39, 0.29) is 17.2 Å². The molecule has 20 heavy (non-hydrogen) atoms. The van der Waals surface area contributed by atoms with Crippen LogP contribution in [0, 0.1) is 6.92 Å². The van der Waals surface area contributed by atoms with Gasteiger partial charge >= 0.3 is 0 Å². The van der Waals surface area contributed by atoms with Gasteiger partial charge in [-0.15, -0.1) is 11.3 Å². The van der Waals surface area contributed by atoms with E-state index >= 15 is 0 Å². The number of thiazole rings is 1. The van der Waals surface area contributed by atoms with Crippen LogP contribution in [0.1, 0.15) is 10.7 Å². The standard InChI is InChI=1S/C12H13ClN2O3S2/c1-8-15-10(7-19-8)6-14-20(16,17)12-5-9(13)3-4-11(12)18-2/h3-5,7,14H,6H2,1-2H3. The third-order valence-electron chi connectivity index (χ3n) is 2.53. The molecule has 0 aliphatic heterocycles. The van der Waals surface area contributed by atoms with Crippen molar-refractivity contribution in [2.24, 2.45) is 0 Å². The van der Waals surface area contributed by atoms with E-state index in [4.69, 9.17) is 16.3 Å². The Labute approximate surface area is 126 Å². The van der Waals surface area contributed by atoms with E-state index in [1.165, 1.54) is 30.6 Å².